The second-order valence-corrected chi connectivity index (χ2v) is 6.56. The molecule has 0 bridgehead atoms. The van der Waals surface area contributed by atoms with Gasteiger partial charge in [-0.15, -0.1) is 0 Å². The molecular weight excluding hydrogens is 252 g/mol. The van der Waals surface area contributed by atoms with E-state index in [1.54, 1.807) is 0 Å². The van der Waals surface area contributed by atoms with Gasteiger partial charge in [0.25, 0.3) is 0 Å². The van der Waals surface area contributed by atoms with Crippen LogP contribution in [0.5, 0.6) is 0 Å². The quantitative estimate of drug-likeness (QED) is 0.884. The van der Waals surface area contributed by atoms with Crippen LogP contribution >= 0.6 is 11.8 Å². The summed E-state index contributed by atoms with van der Waals surface area (Å²) in [6, 6.07) is 9.37. The summed E-state index contributed by atoms with van der Waals surface area (Å²) in [6.07, 6.45) is 2.40. The molecule has 1 aromatic rings. The molecule has 2 atom stereocenters. The van der Waals surface area contributed by atoms with Crippen molar-refractivity contribution in [3.8, 4) is 0 Å². The number of nitrogens with one attached hydrogen (secondary N) is 1. The Hall–Kier alpha value is -0.670. The van der Waals surface area contributed by atoms with Crippen molar-refractivity contribution in [1.29, 1.82) is 0 Å². The smallest absolute Gasteiger partial charge is 0.0415 e. The number of para-hydroxylation sites is 1. The van der Waals surface area contributed by atoms with Crippen molar-refractivity contribution in [2.24, 2.45) is 0 Å². The molecule has 2 rings (SSSR count). The molecule has 106 valence electrons. The number of hydrogen-bond acceptors (Lipinski definition) is 3. The van der Waals surface area contributed by atoms with E-state index in [1.165, 1.54) is 36.5 Å². The van der Waals surface area contributed by atoms with E-state index < -0.39 is 0 Å². The van der Waals surface area contributed by atoms with E-state index in [1.807, 2.05) is 0 Å². The maximum Gasteiger partial charge on any atom is 0.0415 e. The fraction of sp³-hybridized carbons (Fsp3) is 0.625. The average Bonchev–Trinajstić information content (AvgIpc) is 2.49. The second-order valence-electron chi connectivity index (χ2n) is 5.16. The molecule has 19 heavy (non-hydrogen) atoms. The molecule has 2 nitrogen and oxygen atoms in total. The van der Waals surface area contributed by atoms with E-state index in [0.717, 1.165) is 11.7 Å². The molecule has 0 saturated carbocycles. The molecule has 1 fully saturated rings. The molecule has 3 heteroatoms. The molecule has 1 aromatic carbocycles. The van der Waals surface area contributed by atoms with Crippen molar-refractivity contribution in [3.05, 3.63) is 29.8 Å². The Bertz CT molecular complexity index is 390. The minimum absolute atomic E-state index is 0.464. The minimum Gasteiger partial charge on any atom is -0.369 e. The fourth-order valence-corrected chi connectivity index (χ4v) is 4.02. The number of benzene rings is 1. The molecule has 0 amide bonds. The van der Waals surface area contributed by atoms with Crippen molar-refractivity contribution in [3.63, 3.8) is 0 Å². The molecule has 0 aromatic heterocycles. The van der Waals surface area contributed by atoms with Gasteiger partial charge in [0, 0.05) is 35.8 Å². The summed E-state index contributed by atoms with van der Waals surface area (Å²) in [4.78, 5) is 2.58. The van der Waals surface area contributed by atoms with Crippen molar-refractivity contribution < 1.29 is 0 Å². The Morgan fingerprint density at radius 1 is 1.37 bits per heavy atom. The highest BCUT2D eigenvalue weighted by molar-refractivity contribution is 8.00. The zero-order chi connectivity index (χ0) is 13.7. The van der Waals surface area contributed by atoms with Crippen LogP contribution < -0.4 is 10.2 Å². The van der Waals surface area contributed by atoms with Crippen LogP contribution in [0.15, 0.2) is 24.3 Å². The van der Waals surface area contributed by atoms with E-state index in [2.05, 4.69) is 67.1 Å². The highest BCUT2D eigenvalue weighted by Gasteiger charge is 2.22. The van der Waals surface area contributed by atoms with E-state index in [4.69, 9.17) is 0 Å². The van der Waals surface area contributed by atoms with Crippen molar-refractivity contribution >= 4 is 17.4 Å². The van der Waals surface area contributed by atoms with Gasteiger partial charge in [-0.3, -0.25) is 0 Å². The zero-order valence-electron chi connectivity index (χ0n) is 12.4. The molecule has 1 saturated heterocycles. The topological polar surface area (TPSA) is 15.3 Å². The first-order valence-electron chi connectivity index (χ1n) is 7.42. The molecule has 1 aliphatic heterocycles. The van der Waals surface area contributed by atoms with Gasteiger partial charge >= 0.3 is 0 Å². The zero-order valence-corrected chi connectivity index (χ0v) is 13.2. The number of nitrogens with zero attached hydrogens (tertiary/aromatic N) is 1. The first-order valence-corrected chi connectivity index (χ1v) is 8.47. The van der Waals surface area contributed by atoms with E-state index >= 15 is 0 Å². The highest BCUT2D eigenvalue weighted by Crippen LogP contribution is 2.32. The standard InChI is InChI=1S/C16H26N2S/c1-4-13-12-18(10-11-19-13)16-9-7-6-8-14(16)15(5-2)17-3/h6-9,13,15,17H,4-5,10-12H2,1-3H3. The number of anilines is 1. The third-order valence-corrected chi connectivity index (χ3v) is 5.38. The van der Waals surface area contributed by atoms with Gasteiger partial charge in [-0.25, -0.2) is 0 Å². The maximum atomic E-state index is 3.44. The van der Waals surface area contributed by atoms with Crippen LogP contribution in [-0.4, -0.2) is 31.1 Å². The van der Waals surface area contributed by atoms with Gasteiger partial charge in [-0.05, 0) is 31.5 Å². The van der Waals surface area contributed by atoms with Gasteiger partial charge in [-0.1, -0.05) is 32.0 Å². The largest absolute Gasteiger partial charge is 0.369 e. The van der Waals surface area contributed by atoms with Crippen LogP contribution in [0, 0.1) is 0 Å². The van der Waals surface area contributed by atoms with Crippen molar-refractivity contribution in [2.45, 2.75) is 38.0 Å². The molecule has 1 aliphatic rings. The van der Waals surface area contributed by atoms with Gasteiger partial charge in [-0.2, -0.15) is 11.8 Å². The first-order chi connectivity index (χ1) is 9.30. The van der Waals surface area contributed by atoms with Crippen LogP contribution in [0.1, 0.15) is 38.3 Å². The van der Waals surface area contributed by atoms with E-state index in [-0.39, 0.29) is 0 Å². The molecule has 2 unspecified atom stereocenters. The Labute approximate surface area is 122 Å². The summed E-state index contributed by atoms with van der Waals surface area (Å²) < 4.78 is 0. The Morgan fingerprint density at radius 2 is 2.16 bits per heavy atom. The summed E-state index contributed by atoms with van der Waals surface area (Å²) in [5, 5.41) is 4.23. The van der Waals surface area contributed by atoms with Crippen LogP contribution in [-0.2, 0) is 0 Å². The van der Waals surface area contributed by atoms with E-state index in [9.17, 15) is 0 Å². The summed E-state index contributed by atoms with van der Waals surface area (Å²) in [7, 11) is 2.06. The van der Waals surface area contributed by atoms with E-state index in [0.29, 0.717) is 6.04 Å². The van der Waals surface area contributed by atoms with Crippen LogP contribution in [0.4, 0.5) is 5.69 Å². The lowest BCUT2D eigenvalue weighted by atomic mass is 10.0. The van der Waals surface area contributed by atoms with Gasteiger partial charge in [0.2, 0.25) is 0 Å². The minimum atomic E-state index is 0.464. The maximum absolute atomic E-state index is 3.44. The average molecular weight is 278 g/mol. The van der Waals surface area contributed by atoms with Gasteiger partial charge in [0.1, 0.15) is 0 Å². The van der Waals surface area contributed by atoms with Crippen molar-refractivity contribution in [2.75, 3.05) is 30.8 Å². The number of rotatable bonds is 5. The van der Waals surface area contributed by atoms with Crippen LogP contribution in [0.2, 0.25) is 0 Å². The van der Waals surface area contributed by atoms with Gasteiger partial charge in [0.05, 0.1) is 0 Å². The lowest BCUT2D eigenvalue weighted by Gasteiger charge is -2.36. The third kappa shape index (κ3) is 3.46. The Morgan fingerprint density at radius 3 is 2.84 bits per heavy atom. The van der Waals surface area contributed by atoms with Crippen LogP contribution in [0.3, 0.4) is 0 Å². The molecule has 0 spiro atoms. The van der Waals surface area contributed by atoms with Crippen LogP contribution in [0.25, 0.3) is 0 Å². The monoisotopic (exact) mass is 278 g/mol. The second kappa shape index (κ2) is 7.20. The number of thioether (sulfide) groups is 1. The third-order valence-electron chi connectivity index (χ3n) is 4.00. The summed E-state index contributed by atoms with van der Waals surface area (Å²) >= 11 is 2.13. The summed E-state index contributed by atoms with van der Waals surface area (Å²) in [6.45, 7) is 6.92. The van der Waals surface area contributed by atoms with Crippen molar-refractivity contribution in [1.82, 2.24) is 5.32 Å². The molecule has 1 heterocycles. The highest BCUT2D eigenvalue weighted by atomic mass is 32.2. The summed E-state index contributed by atoms with van der Waals surface area (Å²) in [5.41, 5.74) is 2.89. The molecular formula is C16H26N2S. The predicted octanol–water partition coefficient (Wildman–Crippen LogP) is 3.69. The summed E-state index contributed by atoms with van der Waals surface area (Å²) in [5.74, 6) is 1.25. The number of hydrogen-bond donors (Lipinski definition) is 1. The lowest BCUT2D eigenvalue weighted by molar-refractivity contribution is 0.574. The normalized spacial score (nSPS) is 21.4. The van der Waals surface area contributed by atoms with Gasteiger partial charge in [0.15, 0.2) is 0 Å². The fourth-order valence-electron chi connectivity index (χ4n) is 2.83. The Balaban J connectivity index is 2.23. The molecule has 0 aliphatic carbocycles. The molecule has 1 N–H and O–H groups in total. The first kappa shape index (κ1) is 14.7. The van der Waals surface area contributed by atoms with Gasteiger partial charge < -0.3 is 10.2 Å². The predicted molar refractivity (Wildman–Crippen MR) is 87.3 cm³/mol. The SMILES string of the molecule is CCC1CN(c2ccccc2C(CC)NC)CCS1. The lowest BCUT2D eigenvalue weighted by Crippen LogP contribution is -2.38. The molecule has 0 radical (unpaired) electrons. The Kier molecular flexibility index (Phi) is 5.59.